The van der Waals surface area contributed by atoms with Crippen molar-refractivity contribution in [3.05, 3.63) is 0 Å². The van der Waals surface area contributed by atoms with Crippen LogP contribution in [-0.2, 0) is 9.53 Å². The van der Waals surface area contributed by atoms with Crippen LogP contribution in [0.2, 0.25) is 0 Å². The fourth-order valence-corrected chi connectivity index (χ4v) is 0.927. The molecule has 0 saturated carbocycles. The van der Waals surface area contributed by atoms with E-state index in [9.17, 15) is 4.79 Å². The first kappa shape index (κ1) is 12.4. The number of carbonyl (C=O) groups is 1. The number of esters is 1. The molecule has 0 aromatic heterocycles. The third-order valence-corrected chi connectivity index (χ3v) is 1.45. The molecule has 0 aliphatic carbocycles. The van der Waals surface area contributed by atoms with Crippen LogP contribution in [0.3, 0.4) is 0 Å². The van der Waals surface area contributed by atoms with E-state index in [2.05, 4.69) is 12.2 Å². The molecular formula is C10H20NO2. The van der Waals surface area contributed by atoms with Gasteiger partial charge in [-0.1, -0.05) is 6.92 Å². The first-order chi connectivity index (χ1) is 6.16. The van der Waals surface area contributed by atoms with Crippen molar-refractivity contribution in [2.75, 3.05) is 13.1 Å². The molecule has 0 saturated heterocycles. The molecule has 13 heavy (non-hydrogen) atoms. The molecule has 0 amide bonds. The number of rotatable bonds is 7. The summed E-state index contributed by atoms with van der Waals surface area (Å²) in [6, 6.07) is 0. The van der Waals surface area contributed by atoms with Crippen LogP contribution in [0.25, 0.3) is 0 Å². The Hall–Kier alpha value is -0.570. The van der Waals surface area contributed by atoms with E-state index in [1.165, 1.54) is 0 Å². The molecule has 0 aliphatic heterocycles. The second kappa shape index (κ2) is 8.05. The zero-order chi connectivity index (χ0) is 10.1. The number of ether oxygens (including phenoxy) is 1. The maximum Gasteiger partial charge on any atom is 0.306 e. The van der Waals surface area contributed by atoms with Crippen LogP contribution in [0.5, 0.6) is 0 Å². The molecule has 0 aromatic rings. The van der Waals surface area contributed by atoms with Gasteiger partial charge in [-0.25, -0.2) is 5.32 Å². The van der Waals surface area contributed by atoms with Crippen molar-refractivity contribution in [2.24, 2.45) is 0 Å². The normalized spacial score (nSPS) is 10.5. The molecule has 0 unspecified atom stereocenters. The Morgan fingerprint density at radius 1 is 1.38 bits per heavy atom. The summed E-state index contributed by atoms with van der Waals surface area (Å²) in [4.78, 5) is 11.0. The molecule has 0 atom stereocenters. The third kappa shape index (κ3) is 9.34. The highest BCUT2D eigenvalue weighted by Crippen LogP contribution is 1.96. The summed E-state index contributed by atoms with van der Waals surface area (Å²) >= 11 is 0. The zero-order valence-corrected chi connectivity index (χ0v) is 8.88. The van der Waals surface area contributed by atoms with Gasteiger partial charge in [-0.15, -0.1) is 0 Å². The molecule has 1 radical (unpaired) electrons. The van der Waals surface area contributed by atoms with Crippen molar-refractivity contribution in [1.82, 2.24) is 5.32 Å². The SMILES string of the molecule is CCC[N]CCCC(=O)OC(C)C. The van der Waals surface area contributed by atoms with E-state index < -0.39 is 0 Å². The van der Waals surface area contributed by atoms with E-state index in [0.29, 0.717) is 6.42 Å². The standard InChI is InChI=1S/C10H20NO2/c1-4-7-11-8-5-6-10(12)13-9(2)3/h9H,4-8H2,1-3H3. The lowest BCUT2D eigenvalue weighted by Gasteiger charge is -2.07. The van der Waals surface area contributed by atoms with Gasteiger partial charge in [0.25, 0.3) is 0 Å². The van der Waals surface area contributed by atoms with Gasteiger partial charge in [0.05, 0.1) is 6.10 Å². The predicted molar refractivity (Wildman–Crippen MR) is 52.6 cm³/mol. The summed E-state index contributed by atoms with van der Waals surface area (Å²) in [5, 5.41) is 4.23. The first-order valence-electron chi connectivity index (χ1n) is 4.99. The highest BCUT2D eigenvalue weighted by atomic mass is 16.5. The summed E-state index contributed by atoms with van der Waals surface area (Å²) in [5.74, 6) is -0.110. The van der Waals surface area contributed by atoms with Crippen molar-refractivity contribution in [3.63, 3.8) is 0 Å². The van der Waals surface area contributed by atoms with Crippen molar-refractivity contribution in [3.8, 4) is 0 Å². The summed E-state index contributed by atoms with van der Waals surface area (Å²) in [7, 11) is 0. The lowest BCUT2D eigenvalue weighted by Crippen LogP contribution is -2.14. The number of hydrogen-bond donors (Lipinski definition) is 0. The van der Waals surface area contributed by atoms with Crippen LogP contribution in [0.4, 0.5) is 0 Å². The number of nitrogens with zero attached hydrogens (tertiary/aromatic N) is 1. The topological polar surface area (TPSA) is 40.4 Å². The van der Waals surface area contributed by atoms with E-state index in [0.717, 1.165) is 25.9 Å². The van der Waals surface area contributed by atoms with Crippen LogP contribution in [0.1, 0.15) is 40.0 Å². The summed E-state index contributed by atoms with van der Waals surface area (Å²) in [6.45, 7) is 7.50. The van der Waals surface area contributed by atoms with Crippen LogP contribution >= 0.6 is 0 Å². The van der Waals surface area contributed by atoms with Crippen LogP contribution < -0.4 is 5.32 Å². The van der Waals surface area contributed by atoms with Crippen molar-refractivity contribution in [2.45, 2.75) is 46.1 Å². The van der Waals surface area contributed by atoms with Gasteiger partial charge in [0.15, 0.2) is 0 Å². The minimum absolute atomic E-state index is 0.0000746. The van der Waals surface area contributed by atoms with Crippen molar-refractivity contribution >= 4 is 5.97 Å². The smallest absolute Gasteiger partial charge is 0.306 e. The average Bonchev–Trinajstić information content (AvgIpc) is 2.02. The molecule has 3 nitrogen and oxygen atoms in total. The van der Waals surface area contributed by atoms with Crippen molar-refractivity contribution in [1.29, 1.82) is 0 Å². The molecular weight excluding hydrogens is 166 g/mol. The first-order valence-corrected chi connectivity index (χ1v) is 4.99. The van der Waals surface area contributed by atoms with Gasteiger partial charge in [-0.3, -0.25) is 4.79 Å². The number of hydrogen-bond acceptors (Lipinski definition) is 2. The lowest BCUT2D eigenvalue weighted by molar-refractivity contribution is -0.147. The second-order valence-electron chi connectivity index (χ2n) is 3.31. The van der Waals surface area contributed by atoms with E-state index in [-0.39, 0.29) is 12.1 Å². The summed E-state index contributed by atoms with van der Waals surface area (Å²) < 4.78 is 4.98. The maximum atomic E-state index is 11.0. The van der Waals surface area contributed by atoms with E-state index >= 15 is 0 Å². The van der Waals surface area contributed by atoms with Gasteiger partial charge in [0.1, 0.15) is 0 Å². The fraction of sp³-hybridized carbons (Fsp3) is 0.900. The van der Waals surface area contributed by atoms with Gasteiger partial charge in [0.2, 0.25) is 0 Å². The van der Waals surface area contributed by atoms with Gasteiger partial charge in [0, 0.05) is 19.5 Å². The maximum absolute atomic E-state index is 11.0. The molecule has 0 aliphatic rings. The van der Waals surface area contributed by atoms with Crippen molar-refractivity contribution < 1.29 is 9.53 Å². The van der Waals surface area contributed by atoms with Crippen LogP contribution in [-0.4, -0.2) is 25.2 Å². The average molecular weight is 186 g/mol. The zero-order valence-electron chi connectivity index (χ0n) is 8.88. The minimum Gasteiger partial charge on any atom is -0.463 e. The largest absolute Gasteiger partial charge is 0.463 e. The Morgan fingerprint density at radius 2 is 2.08 bits per heavy atom. The van der Waals surface area contributed by atoms with Gasteiger partial charge in [-0.05, 0) is 26.7 Å². The molecule has 0 fully saturated rings. The molecule has 0 heterocycles. The Morgan fingerprint density at radius 3 is 2.62 bits per heavy atom. The monoisotopic (exact) mass is 186 g/mol. The summed E-state index contributed by atoms with van der Waals surface area (Å²) in [6.07, 6.45) is 2.38. The Labute approximate surface area is 80.8 Å². The second-order valence-corrected chi connectivity index (χ2v) is 3.31. The summed E-state index contributed by atoms with van der Waals surface area (Å²) in [5.41, 5.74) is 0. The highest BCUT2D eigenvalue weighted by Gasteiger charge is 2.04. The Bertz CT molecular complexity index is 135. The number of carbonyl (C=O) groups excluding carboxylic acids is 1. The van der Waals surface area contributed by atoms with E-state index in [1.54, 1.807) is 0 Å². The Balaban J connectivity index is 3.17. The third-order valence-electron chi connectivity index (χ3n) is 1.45. The quantitative estimate of drug-likeness (QED) is 0.449. The molecule has 3 heteroatoms. The van der Waals surface area contributed by atoms with E-state index in [4.69, 9.17) is 4.74 Å². The van der Waals surface area contributed by atoms with Gasteiger partial charge in [-0.2, -0.15) is 0 Å². The minimum atomic E-state index is -0.110. The molecule has 0 spiro atoms. The van der Waals surface area contributed by atoms with Gasteiger partial charge < -0.3 is 4.74 Å². The predicted octanol–water partition coefficient (Wildman–Crippen LogP) is 1.73. The molecule has 0 aromatic carbocycles. The van der Waals surface area contributed by atoms with Crippen LogP contribution in [0.15, 0.2) is 0 Å². The Kier molecular flexibility index (Phi) is 7.69. The lowest BCUT2D eigenvalue weighted by atomic mass is 10.3. The molecule has 0 rings (SSSR count). The molecule has 0 N–H and O–H groups in total. The fourth-order valence-electron chi connectivity index (χ4n) is 0.927. The molecule has 0 bridgehead atoms. The van der Waals surface area contributed by atoms with Gasteiger partial charge >= 0.3 is 5.97 Å². The highest BCUT2D eigenvalue weighted by molar-refractivity contribution is 5.69. The van der Waals surface area contributed by atoms with Crippen LogP contribution in [0, 0.1) is 0 Å². The van der Waals surface area contributed by atoms with E-state index in [1.807, 2.05) is 13.8 Å². The molecule has 77 valence electrons.